The Morgan fingerprint density at radius 3 is 2.45 bits per heavy atom. The molecule has 1 amide bonds. The number of hydrogen-bond donors (Lipinski definition) is 1. The van der Waals surface area contributed by atoms with Crippen LogP contribution in [0.5, 0.6) is 5.75 Å². The number of benzene rings is 3. The Hall–Kier alpha value is -3.84. The molecule has 0 saturated heterocycles. The van der Waals surface area contributed by atoms with Gasteiger partial charge in [0.05, 0.1) is 0 Å². The van der Waals surface area contributed by atoms with Crippen molar-refractivity contribution in [3.63, 3.8) is 0 Å². The molecule has 29 heavy (non-hydrogen) atoms. The molecule has 0 unspecified atom stereocenters. The van der Waals surface area contributed by atoms with Gasteiger partial charge in [0, 0.05) is 11.3 Å². The topological polar surface area (TPSA) is 62.1 Å². The second kappa shape index (κ2) is 9.38. The van der Waals surface area contributed by atoms with Crippen LogP contribution in [0.3, 0.4) is 0 Å². The van der Waals surface area contributed by atoms with Crippen molar-refractivity contribution in [3.8, 4) is 11.8 Å². The van der Waals surface area contributed by atoms with E-state index in [1.807, 2.05) is 54.6 Å². The van der Waals surface area contributed by atoms with Crippen molar-refractivity contribution in [2.24, 2.45) is 0 Å². The monoisotopic (exact) mass is 382 g/mol. The van der Waals surface area contributed by atoms with E-state index in [0.29, 0.717) is 23.6 Å². The maximum absolute atomic E-state index is 12.5. The van der Waals surface area contributed by atoms with E-state index in [4.69, 9.17) is 4.74 Å². The summed E-state index contributed by atoms with van der Waals surface area (Å²) >= 11 is 0. The molecule has 3 rings (SSSR count). The highest BCUT2D eigenvalue weighted by molar-refractivity contribution is 6.09. The van der Waals surface area contributed by atoms with Gasteiger partial charge in [-0.3, -0.25) is 4.79 Å². The summed E-state index contributed by atoms with van der Waals surface area (Å²) in [4.78, 5) is 12.5. The van der Waals surface area contributed by atoms with Gasteiger partial charge in [-0.1, -0.05) is 54.6 Å². The Labute approximate surface area is 171 Å². The molecule has 0 aliphatic carbocycles. The molecule has 4 heteroatoms. The molecule has 0 radical (unpaired) electrons. The molecule has 0 heterocycles. The molecular weight excluding hydrogens is 360 g/mol. The fourth-order valence-electron chi connectivity index (χ4n) is 2.81. The predicted octanol–water partition coefficient (Wildman–Crippen LogP) is 5.43. The van der Waals surface area contributed by atoms with Crippen LogP contribution in [0.1, 0.15) is 22.3 Å². The predicted molar refractivity (Wildman–Crippen MR) is 115 cm³/mol. The molecule has 0 bridgehead atoms. The Morgan fingerprint density at radius 2 is 1.72 bits per heavy atom. The molecule has 0 atom stereocenters. The summed E-state index contributed by atoms with van der Waals surface area (Å²) in [6.45, 7) is 4.55. The molecule has 3 aromatic rings. The van der Waals surface area contributed by atoms with E-state index in [-0.39, 0.29) is 5.57 Å². The third-order valence-electron chi connectivity index (χ3n) is 4.58. The number of nitriles is 1. The first-order chi connectivity index (χ1) is 14.1. The number of hydrogen-bond acceptors (Lipinski definition) is 3. The third kappa shape index (κ3) is 5.33. The van der Waals surface area contributed by atoms with Crippen LogP contribution in [-0.4, -0.2) is 5.91 Å². The summed E-state index contributed by atoms with van der Waals surface area (Å²) < 4.78 is 5.98. The van der Waals surface area contributed by atoms with E-state index in [1.165, 1.54) is 11.1 Å². The van der Waals surface area contributed by atoms with Crippen LogP contribution in [0.15, 0.2) is 78.4 Å². The number of anilines is 1. The molecule has 0 saturated carbocycles. The Bertz CT molecular complexity index is 1080. The van der Waals surface area contributed by atoms with Crippen molar-refractivity contribution in [2.75, 3.05) is 5.32 Å². The van der Waals surface area contributed by atoms with E-state index in [0.717, 1.165) is 5.56 Å². The summed E-state index contributed by atoms with van der Waals surface area (Å²) in [6.07, 6.45) is 1.55. The Morgan fingerprint density at radius 1 is 1.00 bits per heavy atom. The minimum absolute atomic E-state index is 0.0103. The Balaban J connectivity index is 1.78. The molecule has 0 fully saturated rings. The van der Waals surface area contributed by atoms with Crippen LogP contribution in [-0.2, 0) is 11.4 Å². The number of para-hydroxylation sites is 2. The number of amides is 1. The first kappa shape index (κ1) is 19.9. The summed E-state index contributed by atoms with van der Waals surface area (Å²) in [5, 5.41) is 12.2. The lowest BCUT2D eigenvalue weighted by atomic mass is 10.1. The SMILES string of the molecule is Cc1ccc(COc2ccccc2/C=C(\C#N)C(=O)Nc2ccccc2)cc1C. The number of nitrogens with one attached hydrogen (secondary N) is 1. The molecular formula is C25H22N2O2. The van der Waals surface area contributed by atoms with Crippen LogP contribution >= 0.6 is 0 Å². The molecule has 4 nitrogen and oxygen atoms in total. The number of rotatable bonds is 6. The van der Waals surface area contributed by atoms with E-state index in [2.05, 4.69) is 31.3 Å². The molecule has 0 aliphatic heterocycles. The third-order valence-corrected chi connectivity index (χ3v) is 4.58. The number of aryl methyl sites for hydroxylation is 2. The normalized spacial score (nSPS) is 10.9. The van der Waals surface area contributed by atoms with E-state index < -0.39 is 5.91 Å². The lowest BCUT2D eigenvalue weighted by Crippen LogP contribution is -2.13. The van der Waals surface area contributed by atoms with E-state index >= 15 is 0 Å². The molecule has 3 aromatic carbocycles. The first-order valence-electron chi connectivity index (χ1n) is 9.33. The standard InChI is InChI=1S/C25H22N2O2/c1-18-12-13-20(14-19(18)2)17-29-24-11-7-6-8-21(24)15-22(16-26)25(28)27-23-9-4-3-5-10-23/h3-15H,17H2,1-2H3,(H,27,28)/b22-15+. The van der Waals surface area contributed by atoms with Gasteiger partial charge in [-0.15, -0.1) is 0 Å². The molecule has 0 spiro atoms. The lowest BCUT2D eigenvalue weighted by molar-refractivity contribution is -0.112. The lowest BCUT2D eigenvalue weighted by Gasteiger charge is -2.11. The number of ether oxygens (including phenoxy) is 1. The van der Waals surface area contributed by atoms with Gasteiger partial charge in [-0.05, 0) is 54.8 Å². The van der Waals surface area contributed by atoms with Crippen molar-refractivity contribution >= 4 is 17.7 Å². The summed E-state index contributed by atoms with van der Waals surface area (Å²) in [7, 11) is 0. The van der Waals surface area contributed by atoms with E-state index in [9.17, 15) is 10.1 Å². The van der Waals surface area contributed by atoms with Gasteiger partial charge in [0.15, 0.2) is 0 Å². The number of nitrogens with zero attached hydrogens (tertiary/aromatic N) is 1. The largest absolute Gasteiger partial charge is 0.488 e. The van der Waals surface area contributed by atoms with Crippen molar-refractivity contribution in [3.05, 3.63) is 101 Å². The molecule has 144 valence electrons. The minimum Gasteiger partial charge on any atom is -0.488 e. The quantitative estimate of drug-likeness (QED) is 0.457. The second-order valence-electron chi connectivity index (χ2n) is 6.74. The van der Waals surface area contributed by atoms with Crippen LogP contribution in [0, 0.1) is 25.2 Å². The van der Waals surface area contributed by atoms with E-state index in [1.54, 1.807) is 18.2 Å². The smallest absolute Gasteiger partial charge is 0.266 e. The van der Waals surface area contributed by atoms with Crippen LogP contribution in [0.25, 0.3) is 6.08 Å². The van der Waals surface area contributed by atoms with Crippen molar-refractivity contribution in [2.45, 2.75) is 20.5 Å². The Kier molecular flexibility index (Phi) is 6.44. The highest BCUT2D eigenvalue weighted by Gasteiger charge is 2.11. The van der Waals surface area contributed by atoms with Crippen molar-refractivity contribution in [1.82, 2.24) is 0 Å². The first-order valence-corrected chi connectivity index (χ1v) is 9.33. The van der Waals surface area contributed by atoms with Gasteiger partial charge in [0.2, 0.25) is 0 Å². The van der Waals surface area contributed by atoms with Gasteiger partial charge < -0.3 is 10.1 Å². The highest BCUT2D eigenvalue weighted by Crippen LogP contribution is 2.23. The fraction of sp³-hybridized carbons (Fsp3) is 0.120. The van der Waals surface area contributed by atoms with Gasteiger partial charge in [-0.2, -0.15) is 5.26 Å². The van der Waals surface area contributed by atoms with Gasteiger partial charge in [-0.25, -0.2) is 0 Å². The maximum atomic E-state index is 12.5. The molecule has 0 aliphatic rings. The highest BCUT2D eigenvalue weighted by atomic mass is 16.5. The zero-order chi connectivity index (χ0) is 20.6. The van der Waals surface area contributed by atoms with Gasteiger partial charge in [0.1, 0.15) is 24.0 Å². The molecule has 1 N–H and O–H groups in total. The van der Waals surface area contributed by atoms with Gasteiger partial charge >= 0.3 is 0 Å². The summed E-state index contributed by atoms with van der Waals surface area (Å²) in [5.74, 6) is 0.161. The number of carbonyl (C=O) groups excluding carboxylic acids is 1. The summed E-state index contributed by atoms with van der Waals surface area (Å²) in [5.41, 5.74) is 4.84. The van der Waals surface area contributed by atoms with Crippen LogP contribution < -0.4 is 10.1 Å². The zero-order valence-electron chi connectivity index (χ0n) is 16.5. The van der Waals surface area contributed by atoms with Gasteiger partial charge in [0.25, 0.3) is 5.91 Å². The van der Waals surface area contributed by atoms with Crippen LogP contribution in [0.2, 0.25) is 0 Å². The maximum Gasteiger partial charge on any atom is 0.266 e. The van der Waals surface area contributed by atoms with Crippen molar-refractivity contribution in [1.29, 1.82) is 5.26 Å². The average Bonchev–Trinajstić information content (AvgIpc) is 2.74. The van der Waals surface area contributed by atoms with Crippen LogP contribution in [0.4, 0.5) is 5.69 Å². The number of carbonyl (C=O) groups is 1. The average molecular weight is 382 g/mol. The second-order valence-corrected chi connectivity index (χ2v) is 6.74. The van der Waals surface area contributed by atoms with Crippen molar-refractivity contribution < 1.29 is 9.53 Å². The minimum atomic E-state index is -0.456. The summed E-state index contributed by atoms with van der Waals surface area (Å²) in [6, 6.07) is 24.6. The zero-order valence-corrected chi connectivity index (χ0v) is 16.5. The fourth-order valence-corrected chi connectivity index (χ4v) is 2.81. The molecule has 0 aromatic heterocycles.